The van der Waals surface area contributed by atoms with E-state index < -0.39 is 0 Å². The van der Waals surface area contributed by atoms with Gasteiger partial charge in [-0.15, -0.1) is 0 Å². The van der Waals surface area contributed by atoms with Crippen molar-refractivity contribution in [3.63, 3.8) is 0 Å². The third kappa shape index (κ3) is 11.2. The van der Waals surface area contributed by atoms with Crippen LogP contribution in [0.15, 0.2) is 48.5 Å². The van der Waals surface area contributed by atoms with Crippen LogP contribution in [0, 0.1) is 13.8 Å². The van der Waals surface area contributed by atoms with E-state index in [-0.39, 0.29) is 61.8 Å². The predicted octanol–water partition coefficient (Wildman–Crippen LogP) is 8.60. The molecule has 2 heterocycles. The minimum absolute atomic E-state index is 0.0977. The Morgan fingerprint density at radius 3 is 1.29 bits per heavy atom. The van der Waals surface area contributed by atoms with Gasteiger partial charge in [0.05, 0.1) is 53.4 Å². The van der Waals surface area contributed by atoms with Crippen LogP contribution in [0.3, 0.4) is 0 Å². The Kier molecular flexibility index (Phi) is 17.7. The van der Waals surface area contributed by atoms with E-state index >= 15 is 0 Å². The Morgan fingerprint density at radius 2 is 0.982 bits per heavy atom. The van der Waals surface area contributed by atoms with Gasteiger partial charge < -0.3 is 38.2 Å². The Bertz CT molecular complexity index is 1820. The number of rotatable bonds is 17. The molecule has 12 nitrogen and oxygen atoms in total. The number of halogens is 2. The Labute approximate surface area is 340 Å². The number of aromatic nitrogens is 2. The summed E-state index contributed by atoms with van der Waals surface area (Å²) in [5, 5.41) is 0.584. The molecule has 4 aromatic rings. The van der Waals surface area contributed by atoms with E-state index in [0.717, 1.165) is 33.4 Å². The molecule has 2 atom stereocenters. The van der Waals surface area contributed by atoms with Gasteiger partial charge in [-0.3, -0.25) is 9.59 Å². The van der Waals surface area contributed by atoms with E-state index in [4.69, 9.17) is 51.6 Å². The molecule has 2 unspecified atom stereocenters. The van der Waals surface area contributed by atoms with Gasteiger partial charge in [0, 0.05) is 11.1 Å². The molecular formula is C42H54Cl2N4O8. The molecule has 0 aliphatic heterocycles. The van der Waals surface area contributed by atoms with E-state index in [2.05, 4.69) is 22.1 Å². The minimum Gasteiger partial charge on any atom is -0.481 e. The molecule has 0 amide bonds. The number of hydrogen-bond donors (Lipinski definition) is 0. The number of methoxy groups -OCH3 is 4. The lowest BCUT2D eigenvalue weighted by molar-refractivity contribution is -0.142. The number of carbonyl (C=O) groups is 2. The molecule has 4 rings (SSSR count). The first-order chi connectivity index (χ1) is 26.7. The molecule has 0 aliphatic rings. The lowest BCUT2D eigenvalue weighted by atomic mass is 9.92. The number of benzene rings is 2. The van der Waals surface area contributed by atoms with Gasteiger partial charge in [-0.2, -0.15) is 9.97 Å². The smallest absolute Gasteiger partial charge is 0.307 e. The lowest BCUT2D eigenvalue weighted by Crippen LogP contribution is -2.24. The Hall–Kier alpha value is -4.62. The van der Waals surface area contributed by atoms with Crippen molar-refractivity contribution in [3.05, 3.63) is 92.0 Å². The van der Waals surface area contributed by atoms with Crippen LogP contribution >= 0.6 is 23.2 Å². The second-order valence-corrected chi connectivity index (χ2v) is 13.8. The number of carbonyl (C=O) groups excluding carboxylic acids is 2. The fraction of sp³-hybridized carbons (Fsp3) is 0.429. The summed E-state index contributed by atoms with van der Waals surface area (Å²) >= 11 is 13.4. The zero-order chi connectivity index (χ0) is 41.7. The van der Waals surface area contributed by atoms with Crippen LogP contribution in [0.25, 0.3) is 11.1 Å². The highest BCUT2D eigenvalue weighted by Gasteiger charge is 2.27. The SMILES string of the molecule is CC.COC(=O)CC(c1cc(Cl)c(OCc2cccc(-c3cccc(COc4nc(OC)c(C(CC(=O)OC)N(C)C)cc4Cl)c3C)c2C)nc1OC)N(C)C. The highest BCUT2D eigenvalue weighted by atomic mass is 35.5. The number of hydrogen-bond acceptors (Lipinski definition) is 12. The fourth-order valence-electron chi connectivity index (χ4n) is 6.13. The van der Waals surface area contributed by atoms with E-state index in [1.165, 1.54) is 28.4 Å². The summed E-state index contributed by atoms with van der Waals surface area (Å²) in [4.78, 5) is 37.1. The van der Waals surface area contributed by atoms with Crippen molar-refractivity contribution in [1.29, 1.82) is 0 Å². The molecule has 0 bridgehead atoms. The van der Waals surface area contributed by atoms with Crippen LogP contribution in [0.1, 0.15) is 72.2 Å². The van der Waals surface area contributed by atoms with Crippen molar-refractivity contribution in [2.45, 2.75) is 65.8 Å². The van der Waals surface area contributed by atoms with Gasteiger partial charge in [0.1, 0.15) is 23.3 Å². The van der Waals surface area contributed by atoms with Gasteiger partial charge >= 0.3 is 11.9 Å². The van der Waals surface area contributed by atoms with Crippen molar-refractivity contribution in [3.8, 4) is 34.6 Å². The van der Waals surface area contributed by atoms with Gasteiger partial charge in [-0.1, -0.05) is 73.4 Å². The van der Waals surface area contributed by atoms with Gasteiger partial charge in [-0.05, 0) is 87.6 Å². The summed E-state index contributed by atoms with van der Waals surface area (Å²) in [6, 6.07) is 14.8. The third-order valence-electron chi connectivity index (χ3n) is 9.31. The molecule has 0 saturated heterocycles. The lowest BCUT2D eigenvalue weighted by Gasteiger charge is -2.25. The molecule has 304 valence electrons. The van der Waals surface area contributed by atoms with E-state index in [1.807, 2.05) is 90.0 Å². The van der Waals surface area contributed by atoms with Crippen molar-refractivity contribution >= 4 is 35.1 Å². The second-order valence-electron chi connectivity index (χ2n) is 13.0. The molecule has 0 fully saturated rings. The molecule has 56 heavy (non-hydrogen) atoms. The third-order valence-corrected chi connectivity index (χ3v) is 9.85. The molecule has 0 saturated carbocycles. The fourth-order valence-corrected chi connectivity index (χ4v) is 6.56. The topological polar surface area (TPSA) is 122 Å². The van der Waals surface area contributed by atoms with Crippen LogP contribution < -0.4 is 18.9 Å². The first-order valence-electron chi connectivity index (χ1n) is 18.1. The van der Waals surface area contributed by atoms with Crippen molar-refractivity contribution in [2.75, 3.05) is 56.6 Å². The van der Waals surface area contributed by atoms with Crippen molar-refractivity contribution in [1.82, 2.24) is 19.8 Å². The van der Waals surface area contributed by atoms with Crippen LogP contribution in [0.5, 0.6) is 23.5 Å². The van der Waals surface area contributed by atoms with Crippen LogP contribution in [-0.4, -0.2) is 88.3 Å². The molecule has 0 aliphatic carbocycles. The normalized spacial score (nSPS) is 12.0. The average molecular weight is 814 g/mol. The standard InChI is InChI=1S/C40H48Cl2N4O8.C2H6/c1-23-25(21-53-39-31(41)17-29(37(43-39)51-9)33(45(3)4)19-35(47)49-7)13-11-15-27(23)28-16-12-14-26(24(28)2)22-54-40-32(42)18-30(38(44-40)52-10)34(46(5)6)20-36(48)50-8;1-2/h11-18,33-34H,19-22H2,1-10H3;1-2H3. The monoisotopic (exact) mass is 812 g/mol. The van der Waals surface area contributed by atoms with Gasteiger partial charge in [0.25, 0.3) is 0 Å². The first kappa shape index (κ1) is 45.8. The van der Waals surface area contributed by atoms with E-state index in [1.54, 1.807) is 12.1 Å². The summed E-state index contributed by atoms with van der Waals surface area (Å²) in [7, 11) is 13.1. The molecule has 2 aromatic heterocycles. The Balaban J connectivity index is 0.00000414. The number of esters is 2. The highest BCUT2D eigenvalue weighted by Crippen LogP contribution is 2.38. The molecule has 14 heteroatoms. The van der Waals surface area contributed by atoms with Crippen molar-refractivity contribution < 1.29 is 38.0 Å². The molecule has 0 radical (unpaired) electrons. The molecular weight excluding hydrogens is 759 g/mol. The summed E-state index contributed by atoms with van der Waals surface area (Å²) in [6.45, 7) is 8.49. The number of nitrogens with zero attached hydrogens (tertiary/aromatic N) is 4. The number of ether oxygens (including phenoxy) is 6. The van der Waals surface area contributed by atoms with Crippen LogP contribution in [-0.2, 0) is 32.3 Å². The minimum atomic E-state index is -0.369. The number of pyridine rings is 2. The van der Waals surface area contributed by atoms with E-state index in [9.17, 15) is 9.59 Å². The van der Waals surface area contributed by atoms with Crippen LogP contribution in [0.2, 0.25) is 10.0 Å². The van der Waals surface area contributed by atoms with Crippen LogP contribution in [0.4, 0.5) is 0 Å². The summed E-state index contributed by atoms with van der Waals surface area (Å²) in [5.41, 5.74) is 7.28. The predicted molar refractivity (Wildman–Crippen MR) is 219 cm³/mol. The quantitative estimate of drug-likeness (QED) is 0.0950. The maximum Gasteiger partial charge on any atom is 0.307 e. The van der Waals surface area contributed by atoms with Gasteiger partial charge in [-0.25, -0.2) is 0 Å². The zero-order valence-electron chi connectivity index (χ0n) is 34.4. The summed E-state index contributed by atoms with van der Waals surface area (Å²) < 4.78 is 33.3. The second kappa shape index (κ2) is 21.6. The summed E-state index contributed by atoms with van der Waals surface area (Å²) in [6.07, 6.45) is 0.195. The first-order valence-corrected chi connectivity index (χ1v) is 18.9. The average Bonchev–Trinajstić information content (AvgIpc) is 3.19. The molecule has 2 aromatic carbocycles. The zero-order valence-corrected chi connectivity index (χ0v) is 35.9. The maximum absolute atomic E-state index is 12.1. The largest absolute Gasteiger partial charge is 0.481 e. The highest BCUT2D eigenvalue weighted by molar-refractivity contribution is 6.32. The van der Waals surface area contributed by atoms with E-state index in [0.29, 0.717) is 32.9 Å². The van der Waals surface area contributed by atoms with Crippen molar-refractivity contribution in [2.24, 2.45) is 0 Å². The maximum atomic E-state index is 12.1. The van der Waals surface area contributed by atoms with Gasteiger partial charge in [0.2, 0.25) is 23.5 Å². The Morgan fingerprint density at radius 1 is 0.625 bits per heavy atom. The van der Waals surface area contributed by atoms with Gasteiger partial charge in [0.15, 0.2) is 0 Å². The molecule has 0 spiro atoms. The summed E-state index contributed by atoms with van der Waals surface area (Å²) in [5.74, 6) is 0.308. The molecule has 0 N–H and O–H groups in total.